The second-order valence-corrected chi connectivity index (χ2v) is 10.3. The van der Waals surface area contributed by atoms with Crippen LogP contribution in [-0.2, 0) is 6.61 Å². The normalized spacial score (nSPS) is 15.2. The lowest BCUT2D eigenvalue weighted by atomic mass is 9.88. The average Bonchev–Trinajstić information content (AvgIpc) is 3.45. The molecule has 0 radical (unpaired) electrons. The van der Waals surface area contributed by atoms with Crippen LogP contribution in [0.4, 0.5) is 0 Å². The van der Waals surface area contributed by atoms with Crippen LogP contribution in [0, 0.1) is 0 Å². The highest BCUT2D eigenvalue weighted by molar-refractivity contribution is 6.32. The van der Waals surface area contributed by atoms with E-state index in [1.165, 1.54) is 11.1 Å². The molecule has 1 saturated carbocycles. The number of fused-ring (bicyclic) bond motifs is 2. The Morgan fingerprint density at radius 3 is 2.73 bits per heavy atom. The van der Waals surface area contributed by atoms with Gasteiger partial charge >= 0.3 is 0 Å². The summed E-state index contributed by atoms with van der Waals surface area (Å²) in [7, 11) is 0. The molecule has 4 aromatic rings. The predicted molar refractivity (Wildman–Crippen MR) is 154 cm³/mol. The van der Waals surface area contributed by atoms with Crippen LogP contribution in [0.25, 0.3) is 10.9 Å². The van der Waals surface area contributed by atoms with E-state index >= 15 is 0 Å². The molecule has 1 fully saturated rings. The fraction of sp³-hybridized carbons (Fsp3) is 0.323. The molecule has 40 heavy (non-hydrogen) atoms. The number of nitrogens with zero attached hydrogens (tertiary/aromatic N) is 3. The van der Waals surface area contributed by atoms with Gasteiger partial charge in [-0.05, 0) is 67.3 Å². The quantitative estimate of drug-likeness (QED) is 0.224. The maximum atomic E-state index is 13.5. The molecule has 1 aromatic heterocycles. The van der Waals surface area contributed by atoms with Crippen molar-refractivity contribution in [2.75, 3.05) is 13.4 Å². The summed E-state index contributed by atoms with van der Waals surface area (Å²) < 4.78 is 24.3. The molecular weight excluding hydrogens is 530 g/mol. The number of para-hydroxylation sites is 1. The molecule has 206 valence electrons. The summed E-state index contributed by atoms with van der Waals surface area (Å²) in [6.07, 6.45) is 7.07. The summed E-state index contributed by atoms with van der Waals surface area (Å²) in [4.78, 5) is 18.4. The summed E-state index contributed by atoms with van der Waals surface area (Å²) in [5.74, 6) is 3.24. The summed E-state index contributed by atoms with van der Waals surface area (Å²) in [5, 5.41) is 5.56. The molecule has 2 heterocycles. The smallest absolute Gasteiger partial charge is 0.282 e. The van der Waals surface area contributed by atoms with Crippen molar-refractivity contribution >= 4 is 28.7 Å². The summed E-state index contributed by atoms with van der Waals surface area (Å²) in [6.45, 7) is 2.81. The van der Waals surface area contributed by atoms with Gasteiger partial charge in [-0.25, -0.2) is 4.98 Å². The van der Waals surface area contributed by atoms with Crippen LogP contribution in [0.3, 0.4) is 0 Å². The summed E-state index contributed by atoms with van der Waals surface area (Å²) in [5.41, 5.74) is 2.11. The standard InChI is InChI=1S/C31H30ClN3O5/c1-2-37-28-16-21(14-24(32)29(28)38-18-20-12-13-26-27(15-20)40-19-39-26)17-33-35-30(22-8-4-3-5-9-22)34-25-11-7-6-10-23(25)31(35)36/h6-7,10-17,22H,2-5,8-9,18-19H2,1H3. The van der Waals surface area contributed by atoms with Crippen LogP contribution in [0.1, 0.15) is 61.9 Å². The van der Waals surface area contributed by atoms with E-state index in [9.17, 15) is 4.79 Å². The van der Waals surface area contributed by atoms with Gasteiger partial charge in [-0.15, -0.1) is 0 Å². The molecule has 0 amide bonds. The minimum atomic E-state index is -0.178. The number of hydrogen-bond acceptors (Lipinski definition) is 7. The van der Waals surface area contributed by atoms with Crippen molar-refractivity contribution in [3.8, 4) is 23.0 Å². The zero-order valence-electron chi connectivity index (χ0n) is 22.3. The lowest BCUT2D eigenvalue weighted by molar-refractivity contribution is 0.174. The lowest BCUT2D eigenvalue weighted by Gasteiger charge is -2.22. The number of halogens is 1. The molecule has 0 N–H and O–H groups in total. The Balaban J connectivity index is 1.31. The van der Waals surface area contributed by atoms with Crippen molar-refractivity contribution in [3.63, 3.8) is 0 Å². The summed E-state index contributed by atoms with van der Waals surface area (Å²) in [6, 6.07) is 16.6. The molecule has 3 aromatic carbocycles. The number of aromatic nitrogens is 2. The second-order valence-electron chi connectivity index (χ2n) is 9.92. The predicted octanol–water partition coefficient (Wildman–Crippen LogP) is 6.69. The van der Waals surface area contributed by atoms with E-state index in [4.69, 9.17) is 35.5 Å². The van der Waals surface area contributed by atoms with Gasteiger partial charge < -0.3 is 18.9 Å². The first kappa shape index (κ1) is 26.2. The van der Waals surface area contributed by atoms with Gasteiger partial charge in [0.2, 0.25) is 6.79 Å². The SMILES string of the molecule is CCOc1cc(C=Nn2c(C3CCCCC3)nc3ccccc3c2=O)cc(Cl)c1OCc1ccc2c(c1)OCO2. The second kappa shape index (κ2) is 11.6. The van der Waals surface area contributed by atoms with Gasteiger partial charge in [0.05, 0.1) is 28.7 Å². The molecule has 0 unspecified atom stereocenters. The fourth-order valence-electron chi connectivity index (χ4n) is 5.25. The van der Waals surface area contributed by atoms with Crippen molar-refractivity contribution in [1.82, 2.24) is 9.66 Å². The zero-order valence-corrected chi connectivity index (χ0v) is 23.0. The first-order valence-electron chi connectivity index (χ1n) is 13.6. The molecular formula is C31H30ClN3O5. The zero-order chi connectivity index (χ0) is 27.5. The van der Waals surface area contributed by atoms with E-state index in [1.807, 2.05) is 49.4 Å². The van der Waals surface area contributed by atoms with Gasteiger partial charge in [-0.1, -0.05) is 49.1 Å². The highest BCUT2D eigenvalue weighted by Crippen LogP contribution is 2.38. The monoisotopic (exact) mass is 559 g/mol. The third-order valence-corrected chi connectivity index (χ3v) is 7.50. The number of hydrogen-bond donors (Lipinski definition) is 0. The Morgan fingerprint density at radius 2 is 1.88 bits per heavy atom. The summed E-state index contributed by atoms with van der Waals surface area (Å²) >= 11 is 6.68. The molecule has 0 bridgehead atoms. The van der Waals surface area contributed by atoms with Crippen LogP contribution in [-0.4, -0.2) is 29.3 Å². The van der Waals surface area contributed by atoms with Crippen molar-refractivity contribution in [2.45, 2.75) is 51.6 Å². The fourth-order valence-corrected chi connectivity index (χ4v) is 5.53. The maximum Gasteiger partial charge on any atom is 0.282 e. The van der Waals surface area contributed by atoms with E-state index in [-0.39, 0.29) is 24.9 Å². The molecule has 2 aliphatic rings. The van der Waals surface area contributed by atoms with Crippen LogP contribution in [0.5, 0.6) is 23.0 Å². The van der Waals surface area contributed by atoms with Crippen molar-refractivity contribution < 1.29 is 18.9 Å². The van der Waals surface area contributed by atoms with Gasteiger partial charge in [-0.2, -0.15) is 9.78 Å². The first-order valence-corrected chi connectivity index (χ1v) is 14.0. The topological polar surface area (TPSA) is 84.2 Å². The Kier molecular flexibility index (Phi) is 7.60. The van der Waals surface area contributed by atoms with Crippen molar-refractivity contribution in [1.29, 1.82) is 0 Å². The molecule has 9 heteroatoms. The Hall–Kier alpha value is -4.04. The first-order chi connectivity index (χ1) is 19.6. The van der Waals surface area contributed by atoms with Crippen LogP contribution in [0.2, 0.25) is 5.02 Å². The van der Waals surface area contributed by atoms with E-state index in [1.54, 1.807) is 18.3 Å². The maximum absolute atomic E-state index is 13.5. The van der Waals surface area contributed by atoms with Crippen molar-refractivity contribution in [3.05, 3.63) is 86.9 Å². The molecule has 0 spiro atoms. The average molecular weight is 560 g/mol. The molecule has 0 saturated heterocycles. The molecule has 8 nitrogen and oxygen atoms in total. The van der Waals surface area contributed by atoms with Gasteiger partial charge in [-0.3, -0.25) is 4.79 Å². The van der Waals surface area contributed by atoms with Gasteiger partial charge in [0.15, 0.2) is 23.0 Å². The van der Waals surface area contributed by atoms with Crippen LogP contribution < -0.4 is 24.5 Å². The minimum absolute atomic E-state index is 0.178. The third kappa shape index (κ3) is 5.36. The Morgan fingerprint density at radius 1 is 1.05 bits per heavy atom. The number of ether oxygens (including phenoxy) is 4. The molecule has 0 atom stereocenters. The van der Waals surface area contributed by atoms with Crippen molar-refractivity contribution in [2.24, 2.45) is 5.10 Å². The van der Waals surface area contributed by atoms with Gasteiger partial charge in [0, 0.05) is 5.92 Å². The van der Waals surface area contributed by atoms with E-state index in [0.717, 1.165) is 31.2 Å². The van der Waals surface area contributed by atoms with E-state index in [2.05, 4.69) is 5.10 Å². The highest BCUT2D eigenvalue weighted by Gasteiger charge is 2.22. The van der Waals surface area contributed by atoms with E-state index in [0.29, 0.717) is 56.9 Å². The lowest BCUT2D eigenvalue weighted by Crippen LogP contribution is -2.25. The number of benzene rings is 3. The molecule has 6 rings (SSSR count). The minimum Gasteiger partial charge on any atom is -0.490 e. The Bertz CT molecular complexity index is 1630. The molecule has 1 aliphatic carbocycles. The van der Waals surface area contributed by atoms with Gasteiger partial charge in [0.25, 0.3) is 5.56 Å². The van der Waals surface area contributed by atoms with Gasteiger partial charge in [0.1, 0.15) is 12.4 Å². The highest BCUT2D eigenvalue weighted by atomic mass is 35.5. The Labute approximate surface area is 237 Å². The molecule has 1 aliphatic heterocycles. The number of rotatable bonds is 8. The third-order valence-electron chi connectivity index (χ3n) is 7.22. The van der Waals surface area contributed by atoms with E-state index < -0.39 is 0 Å². The van der Waals surface area contributed by atoms with Crippen LogP contribution in [0.15, 0.2) is 64.5 Å². The largest absolute Gasteiger partial charge is 0.490 e. The van der Waals surface area contributed by atoms with Crippen LogP contribution >= 0.6 is 11.6 Å².